The summed E-state index contributed by atoms with van der Waals surface area (Å²) in [6.45, 7) is 0.877. The van der Waals surface area contributed by atoms with Gasteiger partial charge in [0.15, 0.2) is 11.5 Å². The molecule has 2 fully saturated rings. The molecule has 4 nitrogen and oxygen atoms in total. The zero-order chi connectivity index (χ0) is 17.6. The van der Waals surface area contributed by atoms with Gasteiger partial charge in [-0.05, 0) is 42.9 Å². The Balaban J connectivity index is 1.64. The van der Waals surface area contributed by atoms with Crippen molar-refractivity contribution in [3.8, 4) is 11.5 Å². The molecule has 1 saturated carbocycles. The van der Waals surface area contributed by atoms with Gasteiger partial charge in [-0.15, -0.1) is 0 Å². The minimum Gasteiger partial charge on any atom is -0.493 e. The van der Waals surface area contributed by atoms with Crippen molar-refractivity contribution < 1.29 is 14.3 Å². The molecule has 1 unspecified atom stereocenters. The average molecular weight is 345 g/mol. The van der Waals surface area contributed by atoms with Gasteiger partial charge in [-0.3, -0.25) is 4.79 Å². The van der Waals surface area contributed by atoms with Crippen molar-refractivity contribution in [1.29, 1.82) is 0 Å². The van der Waals surface area contributed by atoms with Gasteiger partial charge < -0.3 is 14.4 Å². The third kappa shape index (κ3) is 4.28. The van der Waals surface area contributed by atoms with Gasteiger partial charge in [0.25, 0.3) is 0 Å². The van der Waals surface area contributed by atoms with Crippen LogP contribution in [0.1, 0.15) is 69.4 Å². The van der Waals surface area contributed by atoms with E-state index in [1.165, 1.54) is 32.1 Å². The van der Waals surface area contributed by atoms with Crippen LogP contribution in [0.25, 0.3) is 0 Å². The zero-order valence-corrected chi connectivity index (χ0v) is 15.6. The number of carbonyl (C=O) groups excluding carboxylic acids is 1. The first-order valence-electron chi connectivity index (χ1n) is 9.74. The maximum Gasteiger partial charge on any atom is 0.223 e. The summed E-state index contributed by atoms with van der Waals surface area (Å²) in [5.41, 5.74) is 1.15. The van der Waals surface area contributed by atoms with E-state index in [2.05, 4.69) is 11.0 Å². The number of nitrogens with zero attached hydrogens (tertiary/aromatic N) is 1. The van der Waals surface area contributed by atoms with E-state index in [1.807, 2.05) is 12.1 Å². The summed E-state index contributed by atoms with van der Waals surface area (Å²) in [5, 5.41) is 0. The van der Waals surface area contributed by atoms with E-state index in [0.29, 0.717) is 12.3 Å². The summed E-state index contributed by atoms with van der Waals surface area (Å²) in [5.74, 6) is 2.56. The molecule has 1 heterocycles. The smallest absolute Gasteiger partial charge is 0.223 e. The topological polar surface area (TPSA) is 38.8 Å². The minimum atomic E-state index is 0.179. The van der Waals surface area contributed by atoms with E-state index in [9.17, 15) is 4.79 Å². The lowest BCUT2D eigenvalue weighted by Gasteiger charge is -2.27. The van der Waals surface area contributed by atoms with Crippen molar-refractivity contribution in [1.82, 2.24) is 4.90 Å². The number of amides is 1. The van der Waals surface area contributed by atoms with Gasteiger partial charge >= 0.3 is 0 Å². The van der Waals surface area contributed by atoms with E-state index in [4.69, 9.17) is 9.47 Å². The van der Waals surface area contributed by atoms with Crippen LogP contribution in [0.15, 0.2) is 18.2 Å². The van der Waals surface area contributed by atoms with Crippen LogP contribution in [-0.2, 0) is 4.79 Å². The van der Waals surface area contributed by atoms with Crippen molar-refractivity contribution in [3.05, 3.63) is 23.8 Å². The lowest BCUT2D eigenvalue weighted by atomic mass is 9.86. The summed E-state index contributed by atoms with van der Waals surface area (Å²) in [7, 11) is 3.30. The Kier molecular flexibility index (Phi) is 6.22. The molecule has 3 rings (SSSR count). The molecule has 4 heteroatoms. The molecule has 1 amide bonds. The van der Waals surface area contributed by atoms with Crippen molar-refractivity contribution in [2.45, 2.75) is 63.8 Å². The Morgan fingerprint density at radius 1 is 1.04 bits per heavy atom. The van der Waals surface area contributed by atoms with Gasteiger partial charge in [0.2, 0.25) is 5.91 Å². The maximum atomic E-state index is 12.8. The molecule has 0 N–H and O–H groups in total. The number of likely N-dealkylation sites (tertiary alicyclic amines) is 1. The SMILES string of the molecule is COc1ccc(C2CCCN2C(=O)CCC2CCCCC2)cc1OC. The average Bonchev–Trinajstić information content (AvgIpc) is 3.16. The predicted molar refractivity (Wildman–Crippen MR) is 99.0 cm³/mol. The molecular formula is C21H31NO3. The summed E-state index contributed by atoms with van der Waals surface area (Å²) >= 11 is 0. The van der Waals surface area contributed by atoms with Crippen LogP contribution in [0, 0.1) is 5.92 Å². The van der Waals surface area contributed by atoms with Gasteiger partial charge in [0.05, 0.1) is 20.3 Å². The standard InChI is InChI=1S/C21H31NO3/c1-24-19-12-11-17(15-20(19)25-2)18-9-6-14-22(18)21(23)13-10-16-7-4-3-5-8-16/h11-12,15-16,18H,3-10,13-14H2,1-2H3. The van der Waals surface area contributed by atoms with Crippen LogP contribution < -0.4 is 9.47 Å². The maximum absolute atomic E-state index is 12.8. The molecule has 138 valence electrons. The minimum absolute atomic E-state index is 0.179. The Morgan fingerprint density at radius 3 is 2.52 bits per heavy atom. The Labute approximate surface area is 151 Å². The van der Waals surface area contributed by atoms with Crippen molar-refractivity contribution in [2.75, 3.05) is 20.8 Å². The number of hydrogen-bond donors (Lipinski definition) is 0. The third-order valence-electron chi connectivity index (χ3n) is 5.86. The van der Waals surface area contributed by atoms with Crippen LogP contribution in [0.2, 0.25) is 0 Å². The first-order chi connectivity index (χ1) is 12.2. The fraction of sp³-hybridized carbons (Fsp3) is 0.667. The van der Waals surface area contributed by atoms with Gasteiger partial charge in [-0.1, -0.05) is 38.2 Å². The third-order valence-corrected chi connectivity index (χ3v) is 5.86. The molecule has 2 aliphatic rings. The molecule has 25 heavy (non-hydrogen) atoms. The highest BCUT2D eigenvalue weighted by Crippen LogP contribution is 2.37. The number of hydrogen-bond acceptors (Lipinski definition) is 3. The number of rotatable bonds is 6. The predicted octanol–water partition coefficient (Wildman–Crippen LogP) is 4.73. The Hall–Kier alpha value is -1.71. The van der Waals surface area contributed by atoms with Gasteiger partial charge in [-0.2, -0.15) is 0 Å². The van der Waals surface area contributed by atoms with E-state index in [1.54, 1.807) is 14.2 Å². The van der Waals surface area contributed by atoms with Crippen molar-refractivity contribution in [3.63, 3.8) is 0 Å². The van der Waals surface area contributed by atoms with Gasteiger partial charge in [0.1, 0.15) is 0 Å². The highest BCUT2D eigenvalue weighted by atomic mass is 16.5. The molecular weight excluding hydrogens is 314 g/mol. The molecule has 0 aromatic heterocycles. The molecule has 1 aliphatic heterocycles. The van der Waals surface area contributed by atoms with E-state index < -0.39 is 0 Å². The summed E-state index contributed by atoms with van der Waals surface area (Å²) in [6, 6.07) is 6.21. The summed E-state index contributed by atoms with van der Waals surface area (Å²) in [6.07, 6.45) is 10.6. The lowest BCUT2D eigenvalue weighted by molar-refractivity contribution is -0.132. The Bertz CT molecular complexity index is 581. The van der Waals surface area contributed by atoms with Crippen molar-refractivity contribution >= 4 is 5.91 Å². The monoisotopic (exact) mass is 345 g/mol. The number of methoxy groups -OCH3 is 2. The number of ether oxygens (including phenoxy) is 2. The van der Waals surface area contributed by atoms with Crippen LogP contribution in [0.3, 0.4) is 0 Å². The lowest BCUT2D eigenvalue weighted by Crippen LogP contribution is -2.30. The van der Waals surface area contributed by atoms with Crippen LogP contribution in [0.5, 0.6) is 11.5 Å². The second-order valence-electron chi connectivity index (χ2n) is 7.40. The molecule has 0 radical (unpaired) electrons. The normalized spacial score (nSPS) is 21.4. The molecule has 0 bridgehead atoms. The number of carbonyl (C=O) groups is 1. The molecule has 1 aromatic rings. The molecule has 1 aromatic carbocycles. The zero-order valence-electron chi connectivity index (χ0n) is 15.6. The highest BCUT2D eigenvalue weighted by molar-refractivity contribution is 5.77. The fourth-order valence-corrected chi connectivity index (χ4v) is 4.42. The molecule has 1 aliphatic carbocycles. The second-order valence-corrected chi connectivity index (χ2v) is 7.40. The molecule has 0 spiro atoms. The number of benzene rings is 1. The van der Waals surface area contributed by atoms with Crippen LogP contribution in [-0.4, -0.2) is 31.6 Å². The summed E-state index contributed by atoms with van der Waals surface area (Å²) < 4.78 is 10.8. The molecule has 1 saturated heterocycles. The quantitative estimate of drug-likeness (QED) is 0.748. The highest BCUT2D eigenvalue weighted by Gasteiger charge is 2.30. The van der Waals surface area contributed by atoms with Gasteiger partial charge in [-0.25, -0.2) is 0 Å². The van der Waals surface area contributed by atoms with E-state index in [-0.39, 0.29) is 6.04 Å². The van der Waals surface area contributed by atoms with E-state index in [0.717, 1.165) is 48.8 Å². The Morgan fingerprint density at radius 2 is 1.80 bits per heavy atom. The van der Waals surface area contributed by atoms with E-state index >= 15 is 0 Å². The van der Waals surface area contributed by atoms with Crippen molar-refractivity contribution in [2.24, 2.45) is 5.92 Å². The first-order valence-corrected chi connectivity index (χ1v) is 9.74. The summed E-state index contributed by atoms with van der Waals surface area (Å²) in [4.78, 5) is 14.9. The molecule has 1 atom stereocenters. The van der Waals surface area contributed by atoms with Crippen LogP contribution in [0.4, 0.5) is 0 Å². The largest absolute Gasteiger partial charge is 0.493 e. The van der Waals surface area contributed by atoms with Crippen LogP contribution >= 0.6 is 0 Å². The first kappa shape index (κ1) is 18.1. The fourth-order valence-electron chi connectivity index (χ4n) is 4.42. The second kappa shape index (κ2) is 8.59. The van der Waals surface area contributed by atoms with Gasteiger partial charge in [0, 0.05) is 13.0 Å².